The summed E-state index contributed by atoms with van der Waals surface area (Å²) in [5.74, 6) is -0.842. The first-order valence-corrected chi connectivity index (χ1v) is 34.3. The second-order valence-corrected chi connectivity index (χ2v) is 23.1. The van der Waals surface area contributed by atoms with Crippen molar-refractivity contribution in [1.29, 1.82) is 0 Å². The number of carbonyl (C=O) groups is 3. The molecule has 1 atom stereocenters. The first kappa shape index (κ1) is 75.1. The second kappa shape index (κ2) is 66.6. The molecule has 78 heavy (non-hydrogen) atoms. The minimum absolute atomic E-state index is 0.0668. The SMILES string of the molecule is CC/C=C\C/C=C\C/C=C\C/C=C\C/C=C\CCCCCCCCCCCCCCCCCC(=O)OCC(COC(=O)CCCCCCCCCCCCCC)OC(=O)CCCCCCCCCCCCCCCCCCC. The highest BCUT2D eigenvalue weighted by Gasteiger charge is 2.19. The smallest absolute Gasteiger partial charge is 0.306 e. The van der Waals surface area contributed by atoms with E-state index in [0.29, 0.717) is 19.3 Å². The van der Waals surface area contributed by atoms with Crippen molar-refractivity contribution in [2.75, 3.05) is 13.2 Å². The molecule has 6 nitrogen and oxygen atoms in total. The zero-order chi connectivity index (χ0) is 56.4. The van der Waals surface area contributed by atoms with Crippen molar-refractivity contribution < 1.29 is 28.6 Å². The number of rotatable bonds is 63. The molecule has 454 valence electrons. The third-order valence-electron chi connectivity index (χ3n) is 15.3. The van der Waals surface area contributed by atoms with E-state index in [2.05, 4.69) is 81.5 Å². The molecule has 0 aromatic heterocycles. The fourth-order valence-electron chi connectivity index (χ4n) is 10.2. The molecule has 0 aromatic carbocycles. The zero-order valence-corrected chi connectivity index (χ0v) is 52.2. The maximum atomic E-state index is 12.9. The van der Waals surface area contributed by atoms with Crippen LogP contribution >= 0.6 is 0 Å². The average Bonchev–Trinajstić information content (AvgIpc) is 3.44. The average molecular weight is 1090 g/mol. The summed E-state index contributed by atoms with van der Waals surface area (Å²) in [5.41, 5.74) is 0. The van der Waals surface area contributed by atoms with Gasteiger partial charge >= 0.3 is 17.9 Å². The van der Waals surface area contributed by atoms with Gasteiger partial charge in [0, 0.05) is 19.3 Å². The lowest BCUT2D eigenvalue weighted by atomic mass is 10.0. The first-order valence-electron chi connectivity index (χ1n) is 34.3. The van der Waals surface area contributed by atoms with E-state index < -0.39 is 6.10 Å². The Kier molecular flexibility index (Phi) is 64.2. The van der Waals surface area contributed by atoms with Crippen molar-refractivity contribution in [2.24, 2.45) is 0 Å². The molecule has 0 N–H and O–H groups in total. The van der Waals surface area contributed by atoms with Crippen LogP contribution in [0.5, 0.6) is 0 Å². The van der Waals surface area contributed by atoms with E-state index in [1.54, 1.807) is 0 Å². The number of allylic oxidation sites excluding steroid dienone is 10. The summed E-state index contributed by atoms with van der Waals surface area (Å²) in [5, 5.41) is 0. The second-order valence-electron chi connectivity index (χ2n) is 23.1. The van der Waals surface area contributed by atoms with Gasteiger partial charge in [0.25, 0.3) is 0 Å². The molecule has 1 unspecified atom stereocenters. The van der Waals surface area contributed by atoms with Gasteiger partial charge < -0.3 is 14.2 Å². The van der Waals surface area contributed by atoms with Crippen molar-refractivity contribution >= 4 is 17.9 Å². The van der Waals surface area contributed by atoms with Crippen molar-refractivity contribution in [1.82, 2.24) is 0 Å². The van der Waals surface area contributed by atoms with E-state index in [1.807, 2.05) is 0 Å². The topological polar surface area (TPSA) is 78.9 Å². The van der Waals surface area contributed by atoms with Gasteiger partial charge in [0.1, 0.15) is 13.2 Å². The van der Waals surface area contributed by atoms with Gasteiger partial charge in [-0.05, 0) is 64.2 Å². The first-order chi connectivity index (χ1) is 38.5. The van der Waals surface area contributed by atoms with Gasteiger partial charge in [-0.2, -0.15) is 0 Å². The molecule has 0 amide bonds. The molecule has 0 radical (unpaired) electrons. The molecule has 0 rings (SSSR count). The Morgan fingerprint density at radius 1 is 0.269 bits per heavy atom. The number of hydrogen-bond acceptors (Lipinski definition) is 6. The Bertz CT molecular complexity index is 1390. The number of ether oxygens (including phenoxy) is 3. The number of carbonyl (C=O) groups excluding carboxylic acids is 3. The lowest BCUT2D eigenvalue weighted by Gasteiger charge is -2.18. The van der Waals surface area contributed by atoms with Gasteiger partial charge in [0.05, 0.1) is 0 Å². The highest BCUT2D eigenvalue weighted by atomic mass is 16.6. The molecule has 0 aromatic rings. The van der Waals surface area contributed by atoms with Crippen molar-refractivity contribution in [3.05, 3.63) is 60.8 Å². The summed E-state index contributed by atoms with van der Waals surface area (Å²) in [7, 11) is 0. The predicted octanol–water partition coefficient (Wildman–Crippen LogP) is 23.5. The molecule has 0 heterocycles. The molecule has 0 aliphatic rings. The van der Waals surface area contributed by atoms with Gasteiger partial charge in [-0.1, -0.05) is 338 Å². The largest absolute Gasteiger partial charge is 0.462 e. The molecule has 0 bridgehead atoms. The predicted molar refractivity (Wildman–Crippen MR) is 339 cm³/mol. The van der Waals surface area contributed by atoms with Crippen LogP contribution in [0.25, 0.3) is 0 Å². The summed E-state index contributed by atoms with van der Waals surface area (Å²) >= 11 is 0. The number of unbranched alkanes of at least 4 members (excludes halogenated alkanes) is 42. The normalized spacial score (nSPS) is 12.4. The molecule has 0 aliphatic carbocycles. The number of hydrogen-bond donors (Lipinski definition) is 0. The van der Waals surface area contributed by atoms with Gasteiger partial charge in [0.15, 0.2) is 6.10 Å². The summed E-state index contributed by atoms with van der Waals surface area (Å²) in [6.45, 7) is 6.58. The Balaban J connectivity index is 4.16. The molecule has 0 spiro atoms. The molecule has 6 heteroatoms. The van der Waals surface area contributed by atoms with Crippen LogP contribution in [0, 0.1) is 0 Å². The maximum Gasteiger partial charge on any atom is 0.306 e. The maximum absolute atomic E-state index is 12.9. The summed E-state index contributed by atoms with van der Waals surface area (Å²) in [4.78, 5) is 38.3. The minimum Gasteiger partial charge on any atom is -0.462 e. The Labute approximate surface area is 485 Å². The van der Waals surface area contributed by atoms with E-state index in [1.165, 1.54) is 231 Å². The van der Waals surface area contributed by atoms with E-state index in [0.717, 1.165) is 89.9 Å². The van der Waals surface area contributed by atoms with Crippen LogP contribution < -0.4 is 0 Å². The Morgan fingerprint density at radius 3 is 0.782 bits per heavy atom. The molecular formula is C72H130O6. The monoisotopic (exact) mass is 1090 g/mol. The van der Waals surface area contributed by atoms with Gasteiger partial charge in [0.2, 0.25) is 0 Å². The lowest BCUT2D eigenvalue weighted by Crippen LogP contribution is -2.30. The van der Waals surface area contributed by atoms with Crippen LogP contribution in [0.4, 0.5) is 0 Å². The van der Waals surface area contributed by atoms with Crippen LogP contribution in [-0.2, 0) is 28.6 Å². The van der Waals surface area contributed by atoms with Crippen LogP contribution in [0.15, 0.2) is 60.8 Å². The molecule has 0 fully saturated rings. The van der Waals surface area contributed by atoms with Crippen LogP contribution in [0.3, 0.4) is 0 Å². The highest BCUT2D eigenvalue weighted by Crippen LogP contribution is 2.18. The standard InChI is InChI=1S/C72H130O6/c1-4-7-10-13-16-19-22-25-27-29-30-31-32-33-34-35-36-37-38-39-40-41-42-44-45-47-50-53-56-59-62-65-71(74)77-68-69(67-76-70(73)64-61-58-55-52-49-24-21-18-15-12-9-6-3)78-72(75)66-63-60-57-54-51-48-46-43-28-26-23-20-17-14-11-8-5-2/h7,10,16,19,25,27,30-31,33-34,69H,4-6,8-9,11-15,17-18,20-24,26,28-29,32,35-68H2,1-3H3/b10-7-,19-16-,27-25-,31-30-,34-33-. The zero-order valence-electron chi connectivity index (χ0n) is 52.2. The van der Waals surface area contributed by atoms with Crippen LogP contribution in [0.2, 0.25) is 0 Å². The summed E-state index contributed by atoms with van der Waals surface area (Å²) < 4.78 is 17.0. The van der Waals surface area contributed by atoms with E-state index in [4.69, 9.17) is 14.2 Å². The van der Waals surface area contributed by atoms with Gasteiger partial charge in [-0.3, -0.25) is 14.4 Å². The van der Waals surface area contributed by atoms with Crippen LogP contribution in [0.1, 0.15) is 361 Å². The molecule has 0 saturated carbocycles. The molecule has 0 saturated heterocycles. The third kappa shape index (κ3) is 63.9. The van der Waals surface area contributed by atoms with Crippen molar-refractivity contribution in [2.45, 2.75) is 367 Å². The molecule has 0 aliphatic heterocycles. The van der Waals surface area contributed by atoms with Crippen LogP contribution in [-0.4, -0.2) is 37.2 Å². The van der Waals surface area contributed by atoms with Gasteiger partial charge in [-0.15, -0.1) is 0 Å². The quantitative estimate of drug-likeness (QED) is 0.0261. The highest BCUT2D eigenvalue weighted by molar-refractivity contribution is 5.71. The lowest BCUT2D eigenvalue weighted by molar-refractivity contribution is -0.167. The Hall–Kier alpha value is -2.89. The van der Waals surface area contributed by atoms with Crippen molar-refractivity contribution in [3.8, 4) is 0 Å². The molecular weight excluding hydrogens is 961 g/mol. The summed E-state index contributed by atoms with van der Waals surface area (Å²) in [6, 6.07) is 0. The van der Waals surface area contributed by atoms with E-state index in [9.17, 15) is 14.4 Å². The fourth-order valence-corrected chi connectivity index (χ4v) is 10.2. The fraction of sp³-hybridized carbons (Fsp3) is 0.819. The minimum atomic E-state index is -0.769. The van der Waals surface area contributed by atoms with Crippen molar-refractivity contribution in [3.63, 3.8) is 0 Å². The van der Waals surface area contributed by atoms with E-state index in [-0.39, 0.29) is 31.1 Å². The third-order valence-corrected chi connectivity index (χ3v) is 15.3. The van der Waals surface area contributed by atoms with E-state index >= 15 is 0 Å². The van der Waals surface area contributed by atoms with Gasteiger partial charge in [-0.25, -0.2) is 0 Å². The summed E-state index contributed by atoms with van der Waals surface area (Å²) in [6.07, 6.45) is 85.3. The number of esters is 3. The Morgan fingerprint density at radius 2 is 0.500 bits per heavy atom.